The lowest BCUT2D eigenvalue weighted by molar-refractivity contribution is 0.0597. The number of carbonyl (C=O) groups is 2. The number of rotatable bonds is 4. The largest absolute Gasteiger partial charge is 0.465 e. The van der Waals surface area contributed by atoms with E-state index >= 15 is 0 Å². The number of piperazine rings is 1. The summed E-state index contributed by atoms with van der Waals surface area (Å²) in [5.74, 6) is -0.889. The number of carbonyl (C=O) groups excluding carboxylic acids is 2. The summed E-state index contributed by atoms with van der Waals surface area (Å²) in [6, 6.07) is 12.3. The fraction of sp³-hybridized carbons (Fsp3) is 0.286. The number of thiazole rings is 1. The van der Waals surface area contributed by atoms with Crippen LogP contribution in [0.4, 0.5) is 10.8 Å². The number of hydrogen-bond acceptors (Lipinski definition) is 7. The van der Waals surface area contributed by atoms with E-state index in [4.69, 9.17) is 9.72 Å². The number of esters is 1. The van der Waals surface area contributed by atoms with Crippen molar-refractivity contribution < 1.29 is 14.3 Å². The molecule has 2 aromatic carbocycles. The lowest BCUT2D eigenvalue weighted by atomic mass is 10.1. The Morgan fingerprint density at radius 1 is 1.07 bits per heavy atom. The number of anilines is 2. The molecule has 1 amide bonds. The van der Waals surface area contributed by atoms with E-state index in [2.05, 4.69) is 22.2 Å². The number of methoxy groups -OCH3 is 1. The maximum Gasteiger partial charge on any atom is 0.338 e. The number of nitrogens with zero attached hydrogens (tertiary/aromatic N) is 3. The first kappa shape index (κ1) is 19.4. The zero-order chi connectivity index (χ0) is 20.4. The van der Waals surface area contributed by atoms with Crippen molar-refractivity contribution in [3.63, 3.8) is 0 Å². The highest BCUT2D eigenvalue weighted by Crippen LogP contribution is 2.31. The Balaban J connectivity index is 1.55. The van der Waals surface area contributed by atoms with E-state index in [1.165, 1.54) is 7.11 Å². The van der Waals surface area contributed by atoms with Gasteiger partial charge in [0.05, 0.1) is 28.5 Å². The molecule has 1 saturated heterocycles. The Hall–Kier alpha value is -2.97. The van der Waals surface area contributed by atoms with Crippen molar-refractivity contribution in [3.8, 4) is 0 Å². The summed E-state index contributed by atoms with van der Waals surface area (Å²) in [5, 5.41) is 3.88. The van der Waals surface area contributed by atoms with E-state index in [0.717, 1.165) is 41.5 Å². The van der Waals surface area contributed by atoms with Crippen LogP contribution in [0.25, 0.3) is 10.2 Å². The minimum Gasteiger partial charge on any atom is -0.465 e. The van der Waals surface area contributed by atoms with Gasteiger partial charge >= 0.3 is 5.97 Å². The van der Waals surface area contributed by atoms with Gasteiger partial charge in [-0.25, -0.2) is 9.78 Å². The first-order chi connectivity index (χ1) is 14.0. The van der Waals surface area contributed by atoms with Crippen LogP contribution >= 0.6 is 11.3 Å². The second-order valence-electron chi connectivity index (χ2n) is 6.96. The molecule has 0 spiro atoms. The number of fused-ring (bicyclic) bond motifs is 1. The average Bonchev–Trinajstić information content (AvgIpc) is 3.17. The smallest absolute Gasteiger partial charge is 0.338 e. The lowest BCUT2D eigenvalue weighted by Crippen LogP contribution is -2.44. The molecule has 0 bridgehead atoms. The average molecular weight is 410 g/mol. The molecule has 4 rings (SSSR count). The van der Waals surface area contributed by atoms with Crippen molar-refractivity contribution >= 4 is 44.2 Å². The zero-order valence-corrected chi connectivity index (χ0v) is 17.2. The Bertz CT molecular complexity index is 1060. The van der Waals surface area contributed by atoms with Crippen LogP contribution in [-0.4, -0.2) is 62.1 Å². The molecule has 3 aromatic rings. The van der Waals surface area contributed by atoms with E-state index in [9.17, 15) is 9.59 Å². The molecular formula is C21H22N4O3S. The van der Waals surface area contributed by atoms with Gasteiger partial charge < -0.3 is 19.9 Å². The van der Waals surface area contributed by atoms with Gasteiger partial charge in [0.25, 0.3) is 5.91 Å². The highest BCUT2D eigenvalue weighted by Gasteiger charge is 2.19. The van der Waals surface area contributed by atoms with Gasteiger partial charge in [0.1, 0.15) is 0 Å². The van der Waals surface area contributed by atoms with Crippen LogP contribution in [0, 0.1) is 0 Å². The lowest BCUT2D eigenvalue weighted by Gasteiger charge is -2.31. The van der Waals surface area contributed by atoms with E-state index < -0.39 is 5.97 Å². The number of hydrogen-bond donors (Lipinski definition) is 1. The van der Waals surface area contributed by atoms with Gasteiger partial charge in [-0.15, -0.1) is 0 Å². The van der Waals surface area contributed by atoms with E-state index in [1.807, 2.05) is 18.2 Å². The van der Waals surface area contributed by atoms with Crippen LogP contribution in [-0.2, 0) is 4.74 Å². The fourth-order valence-corrected chi connectivity index (χ4v) is 4.35. The molecule has 0 saturated carbocycles. The molecule has 150 valence electrons. The summed E-state index contributed by atoms with van der Waals surface area (Å²) in [4.78, 5) is 34.0. The van der Waals surface area contributed by atoms with Gasteiger partial charge in [-0.1, -0.05) is 23.5 Å². The fourth-order valence-electron chi connectivity index (χ4n) is 3.29. The monoisotopic (exact) mass is 410 g/mol. The molecule has 1 aliphatic rings. The first-order valence-electron chi connectivity index (χ1n) is 9.38. The molecule has 1 N–H and O–H groups in total. The zero-order valence-electron chi connectivity index (χ0n) is 16.3. The van der Waals surface area contributed by atoms with Gasteiger partial charge in [-0.05, 0) is 37.4 Å². The van der Waals surface area contributed by atoms with E-state index in [0.29, 0.717) is 5.69 Å². The standard InChI is InChI=1S/C21H22N4O3S/c1-24-9-11-25(12-10-24)21-23-17-8-7-14(13-18(17)29-21)22-19(26)15-5-3-4-6-16(15)20(27)28-2/h3-8,13H,9-12H2,1-2H3,(H,22,26). The summed E-state index contributed by atoms with van der Waals surface area (Å²) in [6.07, 6.45) is 0. The number of aromatic nitrogens is 1. The number of ether oxygens (including phenoxy) is 1. The van der Waals surface area contributed by atoms with Crippen molar-refractivity contribution in [3.05, 3.63) is 53.6 Å². The van der Waals surface area contributed by atoms with Crippen LogP contribution in [0.3, 0.4) is 0 Å². The summed E-state index contributed by atoms with van der Waals surface area (Å²) >= 11 is 1.62. The maximum atomic E-state index is 12.7. The predicted molar refractivity (Wildman–Crippen MR) is 115 cm³/mol. The molecule has 0 atom stereocenters. The maximum absolute atomic E-state index is 12.7. The van der Waals surface area contributed by atoms with Gasteiger partial charge in [-0.3, -0.25) is 4.79 Å². The van der Waals surface area contributed by atoms with Crippen LogP contribution < -0.4 is 10.2 Å². The Kier molecular flexibility index (Phi) is 5.46. The van der Waals surface area contributed by atoms with Crippen LogP contribution in [0.15, 0.2) is 42.5 Å². The van der Waals surface area contributed by atoms with E-state index in [-0.39, 0.29) is 17.0 Å². The van der Waals surface area contributed by atoms with Crippen LogP contribution in [0.2, 0.25) is 0 Å². The van der Waals surface area contributed by atoms with Crippen molar-refractivity contribution in [2.24, 2.45) is 0 Å². The summed E-state index contributed by atoms with van der Waals surface area (Å²) in [6.45, 7) is 3.97. The SMILES string of the molecule is COC(=O)c1ccccc1C(=O)Nc1ccc2nc(N3CCN(C)CC3)sc2c1. The third-order valence-electron chi connectivity index (χ3n) is 4.99. The predicted octanol–water partition coefficient (Wildman–Crippen LogP) is 3.09. The van der Waals surface area contributed by atoms with Crippen molar-refractivity contribution in [1.29, 1.82) is 0 Å². The summed E-state index contributed by atoms with van der Waals surface area (Å²) in [5.41, 5.74) is 2.10. The minimum absolute atomic E-state index is 0.240. The molecule has 8 heteroatoms. The molecule has 1 aliphatic heterocycles. The second-order valence-corrected chi connectivity index (χ2v) is 7.97. The van der Waals surface area contributed by atoms with Gasteiger partial charge in [0, 0.05) is 31.9 Å². The van der Waals surface area contributed by atoms with Crippen LogP contribution in [0.5, 0.6) is 0 Å². The molecule has 29 heavy (non-hydrogen) atoms. The number of likely N-dealkylation sites (N-methyl/N-ethyl adjacent to an activating group) is 1. The molecule has 0 unspecified atom stereocenters. The second kappa shape index (κ2) is 8.18. The van der Waals surface area contributed by atoms with Crippen LogP contribution in [0.1, 0.15) is 20.7 Å². The molecule has 1 fully saturated rings. The summed E-state index contributed by atoms with van der Waals surface area (Å²) in [7, 11) is 3.43. The molecule has 1 aromatic heterocycles. The minimum atomic E-state index is -0.537. The van der Waals surface area contributed by atoms with E-state index in [1.54, 1.807) is 35.6 Å². The molecule has 7 nitrogen and oxygen atoms in total. The van der Waals surface area contributed by atoms with Crippen molar-refractivity contribution in [2.75, 3.05) is 50.6 Å². The molecule has 0 aliphatic carbocycles. The third-order valence-corrected chi connectivity index (χ3v) is 6.06. The van der Waals surface area contributed by atoms with Gasteiger partial charge in [0.2, 0.25) is 0 Å². The molecule has 2 heterocycles. The Labute approximate surface area is 172 Å². The number of nitrogens with one attached hydrogen (secondary N) is 1. The van der Waals surface area contributed by atoms with Gasteiger partial charge in [0.15, 0.2) is 5.13 Å². The number of benzene rings is 2. The number of amides is 1. The normalized spacial score (nSPS) is 14.8. The van der Waals surface area contributed by atoms with Crippen molar-refractivity contribution in [2.45, 2.75) is 0 Å². The molecule has 0 radical (unpaired) electrons. The molecular weight excluding hydrogens is 388 g/mol. The quantitative estimate of drug-likeness (QED) is 0.667. The first-order valence-corrected chi connectivity index (χ1v) is 10.2. The summed E-state index contributed by atoms with van der Waals surface area (Å²) < 4.78 is 5.78. The highest BCUT2D eigenvalue weighted by atomic mass is 32.1. The van der Waals surface area contributed by atoms with Gasteiger partial charge in [-0.2, -0.15) is 0 Å². The topological polar surface area (TPSA) is 74.8 Å². The highest BCUT2D eigenvalue weighted by molar-refractivity contribution is 7.22. The Morgan fingerprint density at radius 2 is 1.79 bits per heavy atom. The third kappa shape index (κ3) is 4.08. The Morgan fingerprint density at radius 3 is 2.52 bits per heavy atom. The van der Waals surface area contributed by atoms with Crippen molar-refractivity contribution in [1.82, 2.24) is 9.88 Å².